The fourth-order valence-corrected chi connectivity index (χ4v) is 3.74. The lowest BCUT2D eigenvalue weighted by Gasteiger charge is -2.32. The molecule has 1 fully saturated rings. The van der Waals surface area contributed by atoms with Gasteiger partial charge in [-0.3, -0.25) is 14.5 Å². The Kier molecular flexibility index (Phi) is 3.35. The van der Waals surface area contributed by atoms with E-state index in [1.807, 2.05) is 0 Å². The fourth-order valence-electron chi connectivity index (χ4n) is 3.74. The Bertz CT molecular complexity index is 2400. The van der Waals surface area contributed by atoms with Crippen molar-refractivity contribution >= 4 is 40.3 Å². The molecule has 0 atom stereocenters. The van der Waals surface area contributed by atoms with Crippen molar-refractivity contribution < 1.29 is 49.3 Å². The Morgan fingerprint density at radius 3 is 2.48 bits per heavy atom. The van der Waals surface area contributed by atoms with Crippen molar-refractivity contribution in [3.8, 4) is 0 Å². The fraction of sp³-hybridized carbons (Fsp3) is 0.281. The SMILES string of the molecule is [2H]c1c([2H])c([2H])c(/C(Cc2c([2H])c([2H])c(N(C(=O)C([2H])([2H])N3C([2H])([2H])C([2H])([2H])N(C)C([2H])([2H])C3([2H])[2H])C([2H])([2H])[2H])c([2H])c2[2H])=C2/C(=O)Nc3cc(C(=O)OC)ccc32)c([2H])c1[2H]. The van der Waals surface area contributed by atoms with Gasteiger partial charge in [-0.1, -0.05) is 48.4 Å². The minimum Gasteiger partial charge on any atom is -0.465 e. The molecule has 0 aliphatic carbocycles. The van der Waals surface area contributed by atoms with Crippen LogP contribution in [0.2, 0.25) is 0 Å². The number of fused-ring (bicyclic) bond motifs is 1. The summed E-state index contributed by atoms with van der Waals surface area (Å²) in [5.41, 5.74) is -3.86. The molecule has 3 aromatic carbocycles. The van der Waals surface area contributed by atoms with Crippen LogP contribution in [0.5, 0.6) is 0 Å². The monoisotopic (exact) mass is 560 g/mol. The van der Waals surface area contributed by atoms with Gasteiger partial charge in [0.05, 0.1) is 39.8 Å². The van der Waals surface area contributed by atoms with Crippen molar-refractivity contribution in [2.45, 2.75) is 6.42 Å². The van der Waals surface area contributed by atoms with Crippen molar-refractivity contribution in [1.29, 1.82) is 0 Å². The topological polar surface area (TPSA) is 82.2 Å². The molecule has 0 spiro atoms. The van der Waals surface area contributed by atoms with Crippen molar-refractivity contribution in [3.63, 3.8) is 0 Å². The summed E-state index contributed by atoms with van der Waals surface area (Å²) in [5.74, 6) is -4.29. The lowest BCUT2D eigenvalue weighted by molar-refractivity contribution is -0.119. The number of piperazine rings is 1. The maximum absolute atomic E-state index is 14.2. The number of likely N-dealkylation sites (N-methyl/N-ethyl adjacent to an activating group) is 2. The molecular formula is C32H34N4O4. The van der Waals surface area contributed by atoms with Crippen molar-refractivity contribution in [1.82, 2.24) is 9.80 Å². The molecule has 1 N–H and O–H groups in total. The van der Waals surface area contributed by atoms with E-state index >= 15 is 0 Å². The summed E-state index contributed by atoms with van der Waals surface area (Å²) in [6, 6.07) is -5.87. The van der Waals surface area contributed by atoms with Crippen LogP contribution in [0.3, 0.4) is 0 Å². The third-order valence-electron chi connectivity index (χ3n) is 5.60. The number of ether oxygens (including phenoxy) is 1. The third kappa shape index (κ3) is 5.83. The Balaban J connectivity index is 1.79. The first-order chi connectivity index (χ1) is 28.1. The zero-order valence-electron chi connectivity index (χ0n) is 42.9. The van der Waals surface area contributed by atoms with Gasteiger partial charge in [-0.2, -0.15) is 0 Å². The Labute approximate surface area is 265 Å². The second-order valence-corrected chi connectivity index (χ2v) is 8.16. The molecule has 1 saturated heterocycles. The molecule has 3 aromatic rings. The molecular weight excluding hydrogens is 504 g/mol. The van der Waals surface area contributed by atoms with Gasteiger partial charge >= 0.3 is 5.97 Å². The third-order valence-corrected chi connectivity index (χ3v) is 5.60. The molecule has 0 saturated carbocycles. The standard InChI is InChI=1S/C32H34N4O4/c1-34-15-17-36(18-16-34)21-29(37)35(2)25-12-9-22(10-13-25)19-27(23-7-5-4-6-8-23)30-26-14-11-24(32(39)40-3)20-28(26)33-31(30)38/h4-14,20H,15-19,21H2,1-3H3,(H,33,38)/b30-27+/i2D3,4D,5D,6D,7D,8D,9D,10D,12D,13D,15D2,16D2,17D2,18D2,21D2. The van der Waals surface area contributed by atoms with Crippen LogP contribution >= 0.6 is 0 Å². The van der Waals surface area contributed by atoms with Gasteiger partial charge in [0.25, 0.3) is 5.91 Å². The van der Waals surface area contributed by atoms with Gasteiger partial charge in [0, 0.05) is 65.0 Å². The van der Waals surface area contributed by atoms with Crippen LogP contribution in [-0.4, -0.2) is 81.2 Å². The predicted molar refractivity (Wildman–Crippen MR) is 157 cm³/mol. The van der Waals surface area contributed by atoms with Crippen molar-refractivity contribution in [2.24, 2.45) is 0 Å². The number of rotatable bonds is 7. The minimum absolute atomic E-state index is 0.0184. The van der Waals surface area contributed by atoms with Crippen LogP contribution in [0.15, 0.2) is 72.6 Å². The molecule has 206 valence electrons. The number of allylic oxidation sites excluding steroid dienone is 1. The first-order valence-electron chi connectivity index (χ1n) is 22.4. The van der Waals surface area contributed by atoms with E-state index in [0.717, 1.165) is 7.11 Å². The van der Waals surface area contributed by atoms with E-state index < -0.39 is 156 Å². The molecule has 2 aliphatic rings. The van der Waals surface area contributed by atoms with E-state index in [1.165, 1.54) is 18.2 Å². The maximum Gasteiger partial charge on any atom is 0.337 e. The summed E-state index contributed by atoms with van der Waals surface area (Å²) in [5, 5.41) is 2.48. The number of carbonyl (C=O) groups excluding carboxylic acids is 3. The second-order valence-electron chi connectivity index (χ2n) is 8.16. The molecule has 0 unspecified atom stereocenters. The van der Waals surface area contributed by atoms with E-state index in [0.29, 0.717) is 7.05 Å². The average Bonchev–Trinajstić information content (AvgIpc) is 3.50. The first-order valence-corrected chi connectivity index (χ1v) is 11.4. The molecule has 2 aliphatic heterocycles. The lowest BCUT2D eigenvalue weighted by atomic mass is 9.90. The minimum atomic E-state index is -4.39. The number of carbonyl (C=O) groups is 3. The van der Waals surface area contributed by atoms with Crippen LogP contribution in [0.1, 0.15) is 57.2 Å². The molecule has 0 radical (unpaired) electrons. The highest BCUT2D eigenvalue weighted by Crippen LogP contribution is 2.39. The quantitative estimate of drug-likeness (QED) is 0.350. The number of hydrogen-bond donors (Lipinski definition) is 1. The van der Waals surface area contributed by atoms with Crippen LogP contribution in [0, 0.1) is 0 Å². The molecule has 5 rings (SSSR count). The summed E-state index contributed by atoms with van der Waals surface area (Å²) in [6.07, 6.45) is -0.987. The van der Waals surface area contributed by atoms with E-state index in [1.54, 1.807) is 0 Å². The van der Waals surface area contributed by atoms with Gasteiger partial charge in [0.1, 0.15) is 0 Å². The average molecular weight is 561 g/mol. The number of nitrogens with zero attached hydrogens (tertiary/aromatic N) is 3. The maximum atomic E-state index is 14.2. The van der Waals surface area contributed by atoms with Crippen LogP contribution in [0.4, 0.5) is 11.4 Å². The largest absolute Gasteiger partial charge is 0.465 e. The number of esters is 1. The van der Waals surface area contributed by atoms with E-state index in [2.05, 4.69) is 5.32 Å². The molecule has 8 heteroatoms. The number of amides is 2. The highest BCUT2D eigenvalue weighted by molar-refractivity contribution is 6.37. The lowest BCUT2D eigenvalue weighted by Crippen LogP contribution is -2.48. The molecule has 0 aromatic heterocycles. The van der Waals surface area contributed by atoms with E-state index in [4.69, 9.17) is 34.9 Å². The van der Waals surface area contributed by atoms with Gasteiger partial charge in [0.2, 0.25) is 5.91 Å². The Morgan fingerprint density at radius 2 is 1.80 bits per heavy atom. The van der Waals surface area contributed by atoms with Gasteiger partial charge in [-0.15, -0.1) is 0 Å². The van der Waals surface area contributed by atoms with E-state index in [9.17, 15) is 14.4 Å². The molecule has 8 nitrogen and oxygen atoms in total. The van der Waals surface area contributed by atoms with E-state index in [-0.39, 0.29) is 21.7 Å². The zero-order chi connectivity index (χ0) is 47.5. The van der Waals surface area contributed by atoms with Gasteiger partial charge in [0.15, 0.2) is 0 Å². The van der Waals surface area contributed by atoms with Crippen LogP contribution < -0.4 is 10.2 Å². The van der Waals surface area contributed by atoms with Gasteiger partial charge in [-0.25, -0.2) is 4.79 Å². The predicted octanol–water partition coefficient (Wildman–Crippen LogP) is 3.79. The smallest absolute Gasteiger partial charge is 0.337 e. The highest BCUT2D eigenvalue weighted by atomic mass is 16.5. The second kappa shape index (κ2) is 11.9. The summed E-state index contributed by atoms with van der Waals surface area (Å²) in [6.45, 7) is -23.6. The number of nitrogens with one attached hydrogen (secondary N) is 1. The van der Waals surface area contributed by atoms with Crippen LogP contribution in [-0.2, 0) is 20.7 Å². The Hall–Kier alpha value is -4.27. The van der Waals surface area contributed by atoms with Gasteiger partial charge in [-0.05, 0) is 54.4 Å². The molecule has 2 heterocycles. The normalized spacial score (nSPS) is 30.4. The summed E-state index contributed by atoms with van der Waals surface area (Å²) in [7, 11) is 1.74. The van der Waals surface area contributed by atoms with Crippen LogP contribution in [0.25, 0.3) is 11.1 Å². The summed E-state index contributed by atoms with van der Waals surface area (Å²) < 4.78 is 191. The number of benzene rings is 3. The number of hydrogen-bond acceptors (Lipinski definition) is 6. The summed E-state index contributed by atoms with van der Waals surface area (Å²) >= 11 is 0. The highest BCUT2D eigenvalue weighted by Gasteiger charge is 2.29. The summed E-state index contributed by atoms with van der Waals surface area (Å²) in [4.78, 5) is 38.8. The van der Waals surface area contributed by atoms with Crippen molar-refractivity contribution in [2.75, 3.05) is 63.8 Å². The number of anilines is 2. The molecule has 40 heavy (non-hydrogen) atoms. The first kappa shape index (κ1) is 11.3. The number of methoxy groups -OCH3 is 1. The van der Waals surface area contributed by atoms with Crippen molar-refractivity contribution in [3.05, 3.63) is 94.8 Å². The zero-order valence-corrected chi connectivity index (χ0v) is 20.9. The van der Waals surface area contributed by atoms with Gasteiger partial charge < -0.3 is 19.9 Å². The Morgan fingerprint density at radius 1 is 1.07 bits per heavy atom. The molecule has 2 amide bonds. The molecule has 0 bridgehead atoms.